The van der Waals surface area contributed by atoms with Gasteiger partial charge >= 0.3 is 0 Å². The quantitative estimate of drug-likeness (QED) is 0.676. The summed E-state index contributed by atoms with van der Waals surface area (Å²) in [5.41, 5.74) is 1.32. The molecule has 0 saturated heterocycles. The third-order valence-corrected chi connectivity index (χ3v) is 2.94. The number of rotatable bonds is 0. The molecule has 0 N–H and O–H groups in total. The standard InChI is InChI=1S/C9H10NS.C3H7.Y/c1-10-6-7-11-9-5-3-2-4-8(9)10;1-3-2;/h3-5H,6-7H2,1H3;3H,1-2H3;/q2*-1;. The Labute approximate surface area is 123 Å². The molecule has 0 spiro atoms. The fourth-order valence-electron chi connectivity index (χ4n) is 1.24. The second-order valence-electron chi connectivity index (χ2n) is 3.24. The molecule has 3 heteroatoms. The Balaban J connectivity index is 0.000000443. The number of thioether (sulfide) groups is 1. The number of hydrogen-bond acceptors (Lipinski definition) is 2. The third-order valence-electron chi connectivity index (χ3n) is 1.90. The van der Waals surface area contributed by atoms with Crippen molar-refractivity contribution in [3.05, 3.63) is 30.7 Å². The summed E-state index contributed by atoms with van der Waals surface area (Å²) in [7, 11) is 2.13. The summed E-state index contributed by atoms with van der Waals surface area (Å²) in [4.78, 5) is 3.67. The molecule has 1 aromatic rings. The first-order chi connectivity index (χ1) is 6.79. The number of nitrogens with zero attached hydrogens (tertiary/aromatic N) is 1. The smallest absolute Gasteiger partial charge is 0.0151 e. The van der Waals surface area contributed by atoms with Crippen LogP contribution in [0.5, 0.6) is 0 Å². The molecule has 1 aliphatic rings. The van der Waals surface area contributed by atoms with Gasteiger partial charge in [0.05, 0.1) is 0 Å². The van der Waals surface area contributed by atoms with E-state index in [-0.39, 0.29) is 32.7 Å². The summed E-state index contributed by atoms with van der Waals surface area (Å²) in [5.74, 6) is 1.20. The molecule has 1 aromatic carbocycles. The average molecular weight is 296 g/mol. The fraction of sp³-hybridized carbons (Fsp3) is 0.417. The van der Waals surface area contributed by atoms with Crippen molar-refractivity contribution in [2.75, 3.05) is 24.2 Å². The van der Waals surface area contributed by atoms with E-state index < -0.39 is 0 Å². The van der Waals surface area contributed by atoms with Crippen molar-refractivity contribution in [3.8, 4) is 0 Å². The molecule has 1 radical (unpaired) electrons. The molecule has 15 heavy (non-hydrogen) atoms. The van der Waals surface area contributed by atoms with Crippen LogP contribution in [0.25, 0.3) is 0 Å². The molecule has 0 aromatic heterocycles. The zero-order valence-corrected chi connectivity index (χ0v) is 13.3. The fourth-order valence-corrected chi connectivity index (χ4v) is 2.35. The number of fused-ring (bicyclic) bond motifs is 1. The van der Waals surface area contributed by atoms with E-state index in [1.165, 1.54) is 16.3 Å². The van der Waals surface area contributed by atoms with Crippen LogP contribution in [0.3, 0.4) is 0 Å². The van der Waals surface area contributed by atoms with Crippen LogP contribution in [0.4, 0.5) is 5.69 Å². The summed E-state index contributed by atoms with van der Waals surface area (Å²) in [6, 6.07) is 9.26. The minimum absolute atomic E-state index is 0. The van der Waals surface area contributed by atoms with Crippen molar-refractivity contribution in [1.29, 1.82) is 0 Å². The third kappa shape index (κ3) is 4.88. The predicted octanol–water partition coefficient (Wildman–Crippen LogP) is 3.26. The number of anilines is 1. The van der Waals surface area contributed by atoms with Gasteiger partial charge in [0.25, 0.3) is 0 Å². The van der Waals surface area contributed by atoms with E-state index in [1.54, 1.807) is 0 Å². The topological polar surface area (TPSA) is 3.24 Å². The molecule has 0 saturated carbocycles. The Morgan fingerprint density at radius 3 is 2.73 bits per heavy atom. The SMILES string of the molecule is CN1CCSc2cc[c-]cc21.C[CH-]C.[Y]. The summed E-state index contributed by atoms with van der Waals surface area (Å²) < 4.78 is 0. The Bertz CT molecular complexity index is 278. The Morgan fingerprint density at radius 2 is 2.13 bits per heavy atom. The van der Waals surface area contributed by atoms with Gasteiger partial charge in [-0.15, -0.1) is 11.8 Å². The van der Waals surface area contributed by atoms with E-state index in [0.29, 0.717) is 0 Å². The van der Waals surface area contributed by atoms with Crippen molar-refractivity contribution in [2.24, 2.45) is 0 Å². The molecule has 0 aliphatic carbocycles. The molecule has 0 amide bonds. The van der Waals surface area contributed by atoms with Gasteiger partial charge in [0.2, 0.25) is 0 Å². The summed E-state index contributed by atoms with van der Waals surface area (Å²) >= 11 is 1.93. The molecular formula is C12H17NSY-2. The first-order valence-corrected chi connectivity index (χ1v) is 5.86. The molecule has 1 aliphatic heterocycles. The first-order valence-electron chi connectivity index (χ1n) is 4.87. The molecular weight excluding hydrogens is 279 g/mol. The predicted molar refractivity (Wildman–Crippen MR) is 64.9 cm³/mol. The van der Waals surface area contributed by atoms with Gasteiger partial charge < -0.3 is 11.3 Å². The maximum atomic E-state index is 3.10. The van der Waals surface area contributed by atoms with Gasteiger partial charge in [0, 0.05) is 45.0 Å². The van der Waals surface area contributed by atoms with Crippen LogP contribution in [0.15, 0.2) is 23.1 Å². The zero-order chi connectivity index (χ0) is 10.4. The van der Waals surface area contributed by atoms with Crippen molar-refractivity contribution in [3.63, 3.8) is 0 Å². The van der Waals surface area contributed by atoms with Crippen molar-refractivity contribution < 1.29 is 32.7 Å². The van der Waals surface area contributed by atoms with E-state index in [4.69, 9.17) is 0 Å². The van der Waals surface area contributed by atoms with Gasteiger partial charge in [-0.05, 0) is 7.05 Å². The van der Waals surface area contributed by atoms with Gasteiger partial charge in [-0.2, -0.15) is 38.1 Å². The zero-order valence-electron chi connectivity index (χ0n) is 9.66. The molecule has 0 fully saturated rings. The maximum Gasteiger partial charge on any atom is 0.0151 e. The van der Waals surface area contributed by atoms with Crippen molar-refractivity contribution in [1.82, 2.24) is 0 Å². The molecule has 2 rings (SSSR count). The maximum absolute atomic E-state index is 3.10. The minimum Gasteiger partial charge on any atom is -0.424 e. The Kier molecular flexibility index (Phi) is 8.88. The Morgan fingerprint density at radius 1 is 1.47 bits per heavy atom. The largest absolute Gasteiger partial charge is 0.424 e. The number of hydrogen-bond donors (Lipinski definition) is 0. The van der Waals surface area contributed by atoms with Crippen LogP contribution < -0.4 is 4.90 Å². The first kappa shape index (κ1) is 15.5. The molecule has 81 valence electrons. The second-order valence-corrected chi connectivity index (χ2v) is 4.38. The monoisotopic (exact) mass is 296 g/mol. The van der Waals surface area contributed by atoms with Gasteiger partial charge in [0.15, 0.2) is 0 Å². The van der Waals surface area contributed by atoms with Crippen LogP contribution in [0.1, 0.15) is 13.8 Å². The van der Waals surface area contributed by atoms with Crippen LogP contribution in [0, 0.1) is 12.5 Å². The average Bonchev–Trinajstić information content (AvgIpc) is 2.20. The van der Waals surface area contributed by atoms with Crippen LogP contribution >= 0.6 is 11.8 Å². The van der Waals surface area contributed by atoms with E-state index in [9.17, 15) is 0 Å². The Hall–Kier alpha value is 0.474. The minimum atomic E-state index is 0. The summed E-state index contributed by atoms with van der Waals surface area (Å²) in [6.07, 6.45) is 2.00. The molecule has 0 unspecified atom stereocenters. The van der Waals surface area contributed by atoms with Crippen LogP contribution in [0.2, 0.25) is 0 Å². The van der Waals surface area contributed by atoms with E-state index >= 15 is 0 Å². The molecule has 0 bridgehead atoms. The normalized spacial score (nSPS) is 13.1. The number of benzene rings is 1. The van der Waals surface area contributed by atoms with Crippen molar-refractivity contribution >= 4 is 17.4 Å². The summed E-state index contributed by atoms with van der Waals surface area (Å²) in [5, 5.41) is 0. The van der Waals surface area contributed by atoms with Crippen molar-refractivity contribution in [2.45, 2.75) is 18.7 Å². The van der Waals surface area contributed by atoms with Gasteiger partial charge in [-0.25, -0.2) is 0 Å². The van der Waals surface area contributed by atoms with Crippen LogP contribution in [-0.2, 0) is 32.7 Å². The molecule has 0 atom stereocenters. The second kappa shape index (κ2) is 8.61. The van der Waals surface area contributed by atoms with E-state index in [0.717, 1.165) is 6.54 Å². The van der Waals surface area contributed by atoms with Crippen LogP contribution in [-0.4, -0.2) is 19.3 Å². The van der Waals surface area contributed by atoms with Gasteiger partial charge in [-0.1, -0.05) is 10.6 Å². The summed E-state index contributed by atoms with van der Waals surface area (Å²) in [6.45, 7) is 5.15. The molecule has 1 heterocycles. The van der Waals surface area contributed by atoms with E-state index in [1.807, 2.05) is 38.1 Å². The van der Waals surface area contributed by atoms with E-state index in [2.05, 4.69) is 30.1 Å². The molecule has 1 nitrogen and oxygen atoms in total. The van der Waals surface area contributed by atoms with Gasteiger partial charge in [0.1, 0.15) is 0 Å². The van der Waals surface area contributed by atoms with Gasteiger partial charge in [-0.3, -0.25) is 0 Å².